The molecule has 0 atom stereocenters. The number of piperidine rings is 1. The van der Waals surface area contributed by atoms with Crippen molar-refractivity contribution >= 4 is 28.1 Å². The Hall–Kier alpha value is -1.58. The third-order valence-corrected chi connectivity index (χ3v) is 4.68. The summed E-state index contributed by atoms with van der Waals surface area (Å²) in [6.07, 6.45) is 5.85. The molecule has 1 fully saturated rings. The van der Waals surface area contributed by atoms with Gasteiger partial charge in [0, 0.05) is 25.5 Å². The third kappa shape index (κ3) is 2.31. The predicted octanol–water partition coefficient (Wildman–Crippen LogP) is 2.71. The molecule has 0 radical (unpaired) electrons. The van der Waals surface area contributed by atoms with Gasteiger partial charge in [-0.05, 0) is 30.4 Å². The van der Waals surface area contributed by atoms with Crippen LogP contribution in [0.25, 0.3) is 0 Å². The molecular formula is C12H12ClN5S. The maximum absolute atomic E-state index is 9.11. The molecular weight excluding hydrogens is 282 g/mol. The summed E-state index contributed by atoms with van der Waals surface area (Å²) in [5.74, 6) is 0. The molecule has 19 heavy (non-hydrogen) atoms. The number of nitriles is 1. The Morgan fingerprint density at radius 2 is 2.21 bits per heavy atom. The van der Waals surface area contributed by atoms with Crippen LogP contribution in [0.1, 0.15) is 24.4 Å². The molecule has 0 spiro atoms. The maximum Gasteiger partial charge on any atom is 0.162 e. The van der Waals surface area contributed by atoms with Crippen molar-refractivity contribution in [1.82, 2.24) is 14.2 Å². The van der Waals surface area contributed by atoms with Gasteiger partial charge in [0.15, 0.2) is 5.15 Å². The van der Waals surface area contributed by atoms with E-state index in [1.165, 1.54) is 11.5 Å². The Bertz CT molecular complexity index is 592. The molecule has 0 aromatic carbocycles. The van der Waals surface area contributed by atoms with Crippen LogP contribution in [0.15, 0.2) is 18.5 Å². The summed E-state index contributed by atoms with van der Waals surface area (Å²) in [7, 11) is 0. The highest BCUT2D eigenvalue weighted by molar-refractivity contribution is 7.10. The Balaban J connectivity index is 1.72. The lowest BCUT2D eigenvalue weighted by atomic mass is 10.1. The van der Waals surface area contributed by atoms with Gasteiger partial charge in [-0.3, -0.25) is 4.68 Å². The van der Waals surface area contributed by atoms with Crippen molar-refractivity contribution < 1.29 is 0 Å². The van der Waals surface area contributed by atoms with Crippen LogP contribution < -0.4 is 4.90 Å². The zero-order valence-electron chi connectivity index (χ0n) is 10.2. The van der Waals surface area contributed by atoms with E-state index in [1.54, 1.807) is 0 Å². The summed E-state index contributed by atoms with van der Waals surface area (Å²) in [6, 6.07) is 4.53. The Morgan fingerprint density at radius 1 is 1.42 bits per heavy atom. The zero-order chi connectivity index (χ0) is 13.2. The van der Waals surface area contributed by atoms with Gasteiger partial charge in [-0.25, -0.2) is 0 Å². The van der Waals surface area contributed by atoms with Crippen LogP contribution in [0.2, 0.25) is 5.15 Å². The number of rotatable bonds is 2. The third-order valence-electron chi connectivity index (χ3n) is 3.39. The number of hydrogen-bond donors (Lipinski definition) is 0. The highest BCUT2D eigenvalue weighted by Gasteiger charge is 2.25. The van der Waals surface area contributed by atoms with Gasteiger partial charge >= 0.3 is 0 Å². The molecule has 5 nitrogen and oxygen atoms in total. The van der Waals surface area contributed by atoms with Gasteiger partial charge in [-0.15, -0.1) is 0 Å². The van der Waals surface area contributed by atoms with Gasteiger partial charge in [0.2, 0.25) is 0 Å². The van der Waals surface area contributed by atoms with E-state index in [2.05, 4.69) is 20.4 Å². The van der Waals surface area contributed by atoms with Crippen molar-refractivity contribution in [3.8, 4) is 6.07 Å². The molecule has 1 aliphatic heterocycles. The number of halogens is 1. The fraction of sp³-hybridized carbons (Fsp3) is 0.417. The summed E-state index contributed by atoms with van der Waals surface area (Å²) >= 11 is 7.22. The van der Waals surface area contributed by atoms with Crippen LogP contribution in [-0.2, 0) is 0 Å². The lowest BCUT2D eigenvalue weighted by Gasteiger charge is -2.32. The fourth-order valence-corrected chi connectivity index (χ4v) is 3.48. The monoisotopic (exact) mass is 293 g/mol. The Morgan fingerprint density at radius 3 is 2.84 bits per heavy atom. The number of hydrogen-bond acceptors (Lipinski definition) is 5. The quantitative estimate of drug-likeness (QED) is 0.854. The van der Waals surface area contributed by atoms with Gasteiger partial charge in [0.05, 0.1) is 6.04 Å². The van der Waals surface area contributed by atoms with Crippen molar-refractivity contribution in [2.45, 2.75) is 18.9 Å². The second-order valence-corrected chi connectivity index (χ2v) is 5.58. The van der Waals surface area contributed by atoms with E-state index in [0.717, 1.165) is 30.9 Å². The fourth-order valence-electron chi connectivity index (χ4n) is 2.40. The van der Waals surface area contributed by atoms with Crippen LogP contribution in [0.5, 0.6) is 0 Å². The van der Waals surface area contributed by atoms with Crippen LogP contribution in [-0.4, -0.2) is 27.2 Å². The second kappa shape index (κ2) is 5.19. The lowest BCUT2D eigenvalue weighted by Crippen LogP contribution is -2.34. The normalized spacial score (nSPS) is 16.5. The molecule has 0 amide bonds. The number of aromatic nitrogens is 3. The molecule has 3 heterocycles. The first kappa shape index (κ1) is 12.5. The van der Waals surface area contributed by atoms with E-state index in [0.29, 0.717) is 16.8 Å². The van der Waals surface area contributed by atoms with E-state index >= 15 is 0 Å². The van der Waals surface area contributed by atoms with Crippen LogP contribution in [0.4, 0.5) is 5.00 Å². The smallest absolute Gasteiger partial charge is 0.162 e. The standard InChI is InChI=1S/C12H12ClN5S/c13-11-10(8-14)12(19-16-11)17-6-2-9(3-7-17)18-5-1-4-15-18/h1,4-5,9H,2-3,6-7H2. The minimum Gasteiger partial charge on any atom is -0.361 e. The summed E-state index contributed by atoms with van der Waals surface area (Å²) in [4.78, 5) is 2.20. The minimum atomic E-state index is 0.316. The minimum absolute atomic E-state index is 0.316. The molecule has 2 aromatic heterocycles. The molecule has 1 aliphatic rings. The van der Waals surface area contributed by atoms with Gasteiger partial charge in [-0.1, -0.05) is 11.6 Å². The molecule has 2 aromatic rings. The first-order valence-corrected chi connectivity index (χ1v) is 7.24. The highest BCUT2D eigenvalue weighted by Crippen LogP contribution is 2.34. The molecule has 0 bridgehead atoms. The maximum atomic E-state index is 9.11. The summed E-state index contributed by atoms with van der Waals surface area (Å²) < 4.78 is 6.07. The SMILES string of the molecule is N#Cc1c(Cl)nsc1N1CCC(n2cccn2)CC1. The first-order chi connectivity index (χ1) is 9.29. The van der Waals surface area contributed by atoms with Gasteiger partial charge in [0.1, 0.15) is 16.6 Å². The summed E-state index contributed by atoms with van der Waals surface area (Å²) in [6.45, 7) is 1.80. The van der Waals surface area contributed by atoms with E-state index in [-0.39, 0.29) is 0 Å². The molecule has 0 N–H and O–H groups in total. The number of nitrogens with zero attached hydrogens (tertiary/aromatic N) is 5. The largest absolute Gasteiger partial charge is 0.361 e. The summed E-state index contributed by atoms with van der Waals surface area (Å²) in [5, 5.41) is 14.6. The molecule has 0 aliphatic carbocycles. The second-order valence-electron chi connectivity index (χ2n) is 4.47. The van der Waals surface area contributed by atoms with Crippen molar-refractivity contribution in [2.24, 2.45) is 0 Å². The lowest BCUT2D eigenvalue weighted by molar-refractivity contribution is 0.367. The Kier molecular flexibility index (Phi) is 3.40. The summed E-state index contributed by atoms with van der Waals surface area (Å²) in [5.41, 5.74) is 0.504. The van der Waals surface area contributed by atoms with Crippen molar-refractivity contribution in [3.05, 3.63) is 29.2 Å². The molecule has 1 saturated heterocycles. The van der Waals surface area contributed by atoms with Gasteiger partial charge < -0.3 is 4.90 Å². The Labute approximate surface area is 120 Å². The van der Waals surface area contributed by atoms with E-state index < -0.39 is 0 Å². The zero-order valence-corrected chi connectivity index (χ0v) is 11.7. The van der Waals surface area contributed by atoms with E-state index in [1.807, 2.05) is 23.1 Å². The molecule has 0 unspecified atom stereocenters. The molecule has 3 rings (SSSR count). The molecule has 98 valence electrons. The average molecular weight is 294 g/mol. The van der Waals surface area contributed by atoms with Crippen molar-refractivity contribution in [2.75, 3.05) is 18.0 Å². The topological polar surface area (TPSA) is 57.7 Å². The van der Waals surface area contributed by atoms with Crippen molar-refractivity contribution in [3.63, 3.8) is 0 Å². The van der Waals surface area contributed by atoms with E-state index in [9.17, 15) is 0 Å². The molecule has 0 saturated carbocycles. The number of anilines is 1. The highest BCUT2D eigenvalue weighted by atomic mass is 35.5. The van der Waals surface area contributed by atoms with Crippen LogP contribution in [0, 0.1) is 11.3 Å². The van der Waals surface area contributed by atoms with Crippen LogP contribution >= 0.6 is 23.1 Å². The van der Waals surface area contributed by atoms with Gasteiger partial charge in [-0.2, -0.15) is 14.7 Å². The van der Waals surface area contributed by atoms with E-state index in [4.69, 9.17) is 16.9 Å². The predicted molar refractivity (Wildman–Crippen MR) is 74.6 cm³/mol. The van der Waals surface area contributed by atoms with Crippen LogP contribution in [0.3, 0.4) is 0 Å². The van der Waals surface area contributed by atoms with Crippen molar-refractivity contribution in [1.29, 1.82) is 5.26 Å². The molecule has 7 heteroatoms. The van der Waals surface area contributed by atoms with Gasteiger partial charge in [0.25, 0.3) is 0 Å². The average Bonchev–Trinajstić information content (AvgIpc) is 3.08. The first-order valence-electron chi connectivity index (χ1n) is 6.09.